The number of rotatable bonds is 0. The maximum absolute atomic E-state index is 6.97. The molecule has 0 rings (SSSR count). The number of nitrogens with two attached hydrogens (primary N) is 1. The van der Waals surface area contributed by atoms with Crippen LogP contribution in [0.5, 0.6) is 0 Å². The van der Waals surface area contributed by atoms with E-state index in [2.05, 4.69) is 5.84 Å². The van der Waals surface area contributed by atoms with Gasteiger partial charge in [-0.3, -0.25) is 0 Å². The van der Waals surface area contributed by atoms with Crippen LogP contribution in [0.1, 0.15) is 0 Å². The van der Waals surface area contributed by atoms with Crippen molar-refractivity contribution < 1.29 is 56.6 Å². The van der Waals surface area contributed by atoms with Crippen LogP contribution in [0.3, 0.4) is 0 Å². The fourth-order valence-corrected chi connectivity index (χ4v) is 0. The Morgan fingerprint density at radius 2 is 1.75 bits per heavy atom. The van der Waals surface area contributed by atoms with Gasteiger partial charge in [0.1, 0.15) is 0 Å². The minimum absolute atomic E-state index is 0. The van der Waals surface area contributed by atoms with Crippen LogP contribution >= 0.6 is 0 Å². The SMILES string of the molecule is N[N-]O.[K+]. The normalized spacial score (nSPS) is 4.50. The second-order valence-electron chi connectivity index (χ2n) is 0.115. The van der Waals surface area contributed by atoms with Gasteiger partial charge in [-0.1, -0.05) is 0 Å². The van der Waals surface area contributed by atoms with Crippen LogP contribution in [0, 0.1) is 0 Å². The van der Waals surface area contributed by atoms with E-state index in [9.17, 15) is 0 Å². The molecule has 0 heterocycles. The summed E-state index contributed by atoms with van der Waals surface area (Å²) >= 11 is 0. The monoisotopic (exact) mass is 86.0 g/mol. The van der Waals surface area contributed by atoms with Crippen molar-refractivity contribution in [3.63, 3.8) is 0 Å². The molecule has 4 heavy (non-hydrogen) atoms. The van der Waals surface area contributed by atoms with Gasteiger partial charge in [-0.05, 0) is 0 Å². The van der Waals surface area contributed by atoms with E-state index >= 15 is 0 Å². The van der Waals surface area contributed by atoms with Gasteiger partial charge < -0.3 is 16.6 Å². The molecule has 0 atom stereocenters. The summed E-state index contributed by atoms with van der Waals surface area (Å²) in [5.74, 6) is 4.03. The summed E-state index contributed by atoms with van der Waals surface area (Å²) in [6.45, 7) is 0. The Morgan fingerprint density at radius 1 is 1.75 bits per heavy atom. The largest absolute Gasteiger partial charge is 1.00 e. The summed E-state index contributed by atoms with van der Waals surface area (Å²) in [6.07, 6.45) is 0. The van der Waals surface area contributed by atoms with Crippen LogP contribution in [0.2, 0.25) is 0 Å². The Labute approximate surface area is 66.9 Å². The zero-order valence-corrected chi connectivity index (χ0v) is 5.59. The molecule has 0 fully saturated rings. The number of hydrogen-bond acceptors (Lipinski definition) is 2. The predicted octanol–water partition coefficient (Wildman–Crippen LogP) is -3.37. The van der Waals surface area contributed by atoms with Crippen LogP contribution < -0.4 is 57.2 Å². The summed E-state index contributed by atoms with van der Waals surface area (Å²) in [4.78, 5) is 0. The first-order valence-electron chi connectivity index (χ1n) is 0.458. The molecule has 0 radical (unpaired) electrons. The molecule has 0 aliphatic rings. The quantitative estimate of drug-likeness (QED) is 0.184. The van der Waals surface area contributed by atoms with Gasteiger partial charge in [0.25, 0.3) is 0 Å². The third-order valence-electron chi connectivity index (χ3n) is 0. The minimum Gasteiger partial charge on any atom is -0.488 e. The van der Waals surface area contributed by atoms with Gasteiger partial charge in [0, 0.05) is 0 Å². The van der Waals surface area contributed by atoms with Crippen molar-refractivity contribution in [2.45, 2.75) is 0 Å². The van der Waals surface area contributed by atoms with Crippen LogP contribution in [-0.2, 0) is 0 Å². The maximum Gasteiger partial charge on any atom is 1.00 e. The van der Waals surface area contributed by atoms with Crippen LogP contribution in [0.15, 0.2) is 0 Å². The van der Waals surface area contributed by atoms with Gasteiger partial charge in [0.2, 0.25) is 0 Å². The molecule has 0 aromatic heterocycles. The third kappa shape index (κ3) is 9.68. The Kier molecular flexibility index (Phi) is 20.1. The Morgan fingerprint density at radius 3 is 1.75 bits per heavy atom. The molecule has 0 aliphatic heterocycles. The standard InChI is InChI=1S/K.H3N2O/c;1-2-3/h;3H,1H2/q+1;-1. The predicted molar refractivity (Wildman–Crippen MR) is 9.33 cm³/mol. The molecule has 0 saturated carbocycles. The van der Waals surface area contributed by atoms with Crippen molar-refractivity contribution in [3.8, 4) is 0 Å². The molecule has 0 aliphatic carbocycles. The first-order valence-corrected chi connectivity index (χ1v) is 0.458. The van der Waals surface area contributed by atoms with Crippen LogP contribution in [0.25, 0.3) is 5.59 Å². The van der Waals surface area contributed by atoms with E-state index in [-0.39, 0.29) is 51.4 Å². The van der Waals surface area contributed by atoms with Crippen LogP contribution in [0.4, 0.5) is 0 Å². The second kappa shape index (κ2) is 8.82. The van der Waals surface area contributed by atoms with E-state index < -0.39 is 0 Å². The van der Waals surface area contributed by atoms with Crippen molar-refractivity contribution in [2.75, 3.05) is 0 Å². The molecule has 4 heteroatoms. The second-order valence-corrected chi connectivity index (χ2v) is 0.115. The van der Waals surface area contributed by atoms with Crippen molar-refractivity contribution in [1.82, 2.24) is 0 Å². The van der Waals surface area contributed by atoms with Gasteiger partial charge in [-0.25, -0.2) is 0 Å². The molecule has 0 spiro atoms. The van der Waals surface area contributed by atoms with Gasteiger partial charge in [-0.2, -0.15) is 0 Å². The van der Waals surface area contributed by atoms with Crippen molar-refractivity contribution in [2.24, 2.45) is 5.84 Å². The van der Waals surface area contributed by atoms with Crippen LogP contribution in [-0.4, -0.2) is 5.21 Å². The van der Waals surface area contributed by atoms with E-state index in [0.717, 1.165) is 0 Å². The zero-order chi connectivity index (χ0) is 2.71. The fraction of sp³-hybridized carbons (Fsp3) is 0. The van der Waals surface area contributed by atoms with Crippen molar-refractivity contribution >= 4 is 0 Å². The van der Waals surface area contributed by atoms with Crippen molar-refractivity contribution in [1.29, 1.82) is 0 Å². The molecule has 0 amide bonds. The van der Waals surface area contributed by atoms with Gasteiger partial charge in [-0.15, -0.1) is 0 Å². The van der Waals surface area contributed by atoms with Crippen molar-refractivity contribution in [3.05, 3.63) is 5.59 Å². The van der Waals surface area contributed by atoms with Gasteiger partial charge in [0.05, 0.1) is 0 Å². The zero-order valence-electron chi connectivity index (χ0n) is 2.47. The van der Waals surface area contributed by atoms with Gasteiger partial charge in [0.15, 0.2) is 0 Å². The number of nitrogens with zero attached hydrogens (tertiary/aromatic N) is 1. The summed E-state index contributed by atoms with van der Waals surface area (Å²) in [7, 11) is 0. The topological polar surface area (TPSA) is 60.4 Å². The van der Waals surface area contributed by atoms with Gasteiger partial charge >= 0.3 is 51.4 Å². The molecule has 3 nitrogen and oxygen atoms in total. The molecule has 0 aromatic carbocycles. The molecule has 3 N–H and O–H groups in total. The first-order chi connectivity index (χ1) is 1.41. The maximum atomic E-state index is 6.97. The summed E-state index contributed by atoms with van der Waals surface area (Å²) < 4.78 is 0. The van der Waals surface area contributed by atoms with E-state index in [1.807, 2.05) is 5.59 Å². The molecule has 0 unspecified atom stereocenters. The fourth-order valence-electron chi connectivity index (χ4n) is 0. The van der Waals surface area contributed by atoms with E-state index in [4.69, 9.17) is 5.21 Å². The smallest absolute Gasteiger partial charge is 0.488 e. The van der Waals surface area contributed by atoms with E-state index in [1.165, 1.54) is 0 Å². The average molecular weight is 86.1 g/mol. The molecule has 0 saturated heterocycles. The Hall–Kier alpha value is 1.52. The first kappa shape index (κ1) is 9.10. The molecular formula is H3KN2O. The summed E-state index contributed by atoms with van der Waals surface area (Å²) in [5.41, 5.74) is 2.00. The Bertz CT molecular complexity index is 6.00. The molecular weight excluding hydrogens is 83.1 g/mol. The third-order valence-corrected chi connectivity index (χ3v) is 0. The summed E-state index contributed by atoms with van der Waals surface area (Å²) in [5, 5.41) is 6.97. The van der Waals surface area contributed by atoms with E-state index in [1.54, 1.807) is 0 Å². The molecule has 20 valence electrons. The minimum atomic E-state index is 0. The number of hydrogen-bond donors (Lipinski definition) is 2. The summed E-state index contributed by atoms with van der Waals surface area (Å²) in [6, 6.07) is 0. The van der Waals surface area contributed by atoms with E-state index in [0.29, 0.717) is 0 Å². The average Bonchev–Trinajstić information content (AvgIpc) is 0.918. The molecule has 0 aromatic rings. The Balaban J connectivity index is 0. The molecule has 0 bridgehead atoms.